The highest BCUT2D eigenvalue weighted by Gasteiger charge is 2.11. The number of nitrogens with zero attached hydrogens (tertiary/aromatic N) is 3. The van der Waals surface area contributed by atoms with Crippen LogP contribution in [0.25, 0.3) is 11.3 Å². The third-order valence-corrected chi connectivity index (χ3v) is 5.60. The summed E-state index contributed by atoms with van der Waals surface area (Å²) >= 11 is 0. The average Bonchev–Trinajstić information content (AvgIpc) is 2.81. The maximum Gasteiger partial charge on any atom is 0.251 e. The SMILES string of the molecule is Cc1ccc(-c2cc(Nc3ccc(C(=O)NCCN4CCCCC4)cc3)ncn2)cc1. The molecule has 31 heavy (non-hydrogen) atoms. The number of anilines is 2. The van der Waals surface area contributed by atoms with Crippen molar-refractivity contribution in [3.63, 3.8) is 0 Å². The predicted molar refractivity (Wildman–Crippen MR) is 125 cm³/mol. The number of amides is 1. The van der Waals surface area contributed by atoms with Gasteiger partial charge in [-0.15, -0.1) is 0 Å². The molecule has 0 atom stereocenters. The topological polar surface area (TPSA) is 70.2 Å². The molecule has 6 nitrogen and oxygen atoms in total. The zero-order valence-electron chi connectivity index (χ0n) is 18.0. The lowest BCUT2D eigenvalue weighted by Crippen LogP contribution is -2.37. The summed E-state index contributed by atoms with van der Waals surface area (Å²) in [6.45, 7) is 5.95. The van der Waals surface area contributed by atoms with E-state index in [1.807, 2.05) is 30.3 Å². The Kier molecular flexibility index (Phi) is 6.89. The summed E-state index contributed by atoms with van der Waals surface area (Å²) in [5.74, 6) is 0.677. The molecular formula is C25H29N5O. The lowest BCUT2D eigenvalue weighted by Gasteiger charge is -2.26. The first-order valence-corrected chi connectivity index (χ1v) is 10.9. The second-order valence-electron chi connectivity index (χ2n) is 8.02. The summed E-state index contributed by atoms with van der Waals surface area (Å²) in [5, 5.41) is 6.31. The van der Waals surface area contributed by atoms with Gasteiger partial charge in [0.25, 0.3) is 5.91 Å². The van der Waals surface area contributed by atoms with E-state index in [1.165, 1.54) is 24.8 Å². The number of nitrogens with one attached hydrogen (secondary N) is 2. The number of aryl methyl sites for hydroxylation is 1. The standard InChI is InChI=1S/C25H29N5O/c1-19-5-7-20(8-6-19)23-17-24(28-18-27-23)29-22-11-9-21(10-12-22)25(31)26-13-16-30-14-3-2-4-15-30/h5-12,17-18H,2-4,13-16H2,1H3,(H,26,31)(H,27,28,29). The first kappa shape index (κ1) is 21.0. The summed E-state index contributed by atoms with van der Waals surface area (Å²) in [5.41, 5.74) is 4.66. The maximum absolute atomic E-state index is 12.4. The number of aromatic nitrogens is 2. The minimum atomic E-state index is -0.0350. The number of carbonyl (C=O) groups is 1. The molecule has 1 saturated heterocycles. The van der Waals surface area contributed by atoms with Crippen molar-refractivity contribution >= 4 is 17.4 Å². The Bertz CT molecular complexity index is 995. The Morgan fingerprint density at radius 1 is 0.968 bits per heavy atom. The van der Waals surface area contributed by atoms with Crippen LogP contribution in [0.1, 0.15) is 35.2 Å². The van der Waals surface area contributed by atoms with Gasteiger partial charge in [0.1, 0.15) is 12.1 Å². The molecule has 0 saturated carbocycles. The Hall–Kier alpha value is -3.25. The molecular weight excluding hydrogens is 386 g/mol. The van der Waals surface area contributed by atoms with Crippen LogP contribution in [0.4, 0.5) is 11.5 Å². The van der Waals surface area contributed by atoms with Crippen molar-refractivity contribution in [3.05, 3.63) is 72.1 Å². The maximum atomic E-state index is 12.4. The number of rotatable bonds is 7. The molecule has 0 radical (unpaired) electrons. The van der Waals surface area contributed by atoms with Crippen molar-refractivity contribution in [1.29, 1.82) is 0 Å². The van der Waals surface area contributed by atoms with Gasteiger partial charge in [-0.05, 0) is 57.1 Å². The first-order chi connectivity index (χ1) is 15.2. The Morgan fingerprint density at radius 3 is 2.45 bits per heavy atom. The van der Waals surface area contributed by atoms with Crippen LogP contribution >= 0.6 is 0 Å². The molecule has 2 N–H and O–H groups in total. The molecule has 0 spiro atoms. The first-order valence-electron chi connectivity index (χ1n) is 10.9. The van der Waals surface area contributed by atoms with Gasteiger partial charge >= 0.3 is 0 Å². The quantitative estimate of drug-likeness (QED) is 0.598. The van der Waals surface area contributed by atoms with Gasteiger partial charge in [0.15, 0.2) is 0 Å². The van der Waals surface area contributed by atoms with Gasteiger partial charge in [-0.25, -0.2) is 9.97 Å². The van der Waals surface area contributed by atoms with Gasteiger partial charge in [-0.2, -0.15) is 0 Å². The highest BCUT2D eigenvalue weighted by molar-refractivity contribution is 5.94. The number of benzene rings is 2. The Morgan fingerprint density at radius 2 is 1.71 bits per heavy atom. The number of piperidine rings is 1. The molecule has 1 aliphatic heterocycles. The molecule has 1 fully saturated rings. The lowest BCUT2D eigenvalue weighted by molar-refractivity contribution is 0.0946. The fourth-order valence-corrected chi connectivity index (χ4v) is 3.77. The molecule has 0 aliphatic carbocycles. The van der Waals surface area contributed by atoms with Gasteiger partial charge in [-0.3, -0.25) is 4.79 Å². The summed E-state index contributed by atoms with van der Waals surface area (Å²) in [4.78, 5) is 23.5. The van der Waals surface area contributed by atoms with E-state index in [2.05, 4.69) is 56.7 Å². The molecule has 2 heterocycles. The largest absolute Gasteiger partial charge is 0.351 e. The highest BCUT2D eigenvalue weighted by Crippen LogP contribution is 2.21. The fourth-order valence-electron chi connectivity index (χ4n) is 3.77. The van der Waals surface area contributed by atoms with E-state index in [1.54, 1.807) is 6.33 Å². The van der Waals surface area contributed by atoms with E-state index in [0.717, 1.165) is 36.6 Å². The molecule has 0 bridgehead atoms. The van der Waals surface area contributed by atoms with Crippen molar-refractivity contribution in [2.45, 2.75) is 26.2 Å². The zero-order chi connectivity index (χ0) is 21.5. The monoisotopic (exact) mass is 415 g/mol. The molecule has 0 unspecified atom stereocenters. The molecule has 3 aromatic rings. The van der Waals surface area contributed by atoms with E-state index < -0.39 is 0 Å². The third kappa shape index (κ3) is 5.89. The number of hydrogen-bond acceptors (Lipinski definition) is 5. The van der Waals surface area contributed by atoms with E-state index >= 15 is 0 Å². The number of hydrogen-bond donors (Lipinski definition) is 2. The third-order valence-electron chi connectivity index (χ3n) is 5.60. The van der Waals surface area contributed by atoms with E-state index in [4.69, 9.17) is 0 Å². The van der Waals surface area contributed by atoms with Gasteiger partial charge in [0, 0.05) is 36.0 Å². The van der Waals surface area contributed by atoms with Gasteiger partial charge in [-0.1, -0.05) is 36.2 Å². The molecule has 1 amide bonds. The van der Waals surface area contributed by atoms with E-state index in [0.29, 0.717) is 17.9 Å². The highest BCUT2D eigenvalue weighted by atomic mass is 16.1. The summed E-state index contributed by atoms with van der Waals surface area (Å²) in [6.07, 6.45) is 5.41. The van der Waals surface area contributed by atoms with Crippen molar-refractivity contribution < 1.29 is 4.79 Å². The van der Waals surface area contributed by atoms with Crippen LogP contribution in [0.5, 0.6) is 0 Å². The minimum Gasteiger partial charge on any atom is -0.351 e. The van der Waals surface area contributed by atoms with Gasteiger partial charge < -0.3 is 15.5 Å². The van der Waals surface area contributed by atoms with Crippen molar-refractivity contribution in [1.82, 2.24) is 20.2 Å². The van der Waals surface area contributed by atoms with Crippen molar-refractivity contribution in [2.75, 3.05) is 31.5 Å². The van der Waals surface area contributed by atoms with Crippen LogP contribution in [0, 0.1) is 6.92 Å². The van der Waals surface area contributed by atoms with E-state index in [-0.39, 0.29) is 5.91 Å². The van der Waals surface area contributed by atoms with Crippen LogP contribution in [0.2, 0.25) is 0 Å². The number of likely N-dealkylation sites (tertiary alicyclic amines) is 1. The van der Waals surface area contributed by atoms with Crippen molar-refractivity contribution in [3.8, 4) is 11.3 Å². The Balaban J connectivity index is 1.32. The minimum absolute atomic E-state index is 0.0350. The van der Waals surface area contributed by atoms with Crippen LogP contribution in [-0.2, 0) is 0 Å². The Labute approximate surface area is 183 Å². The molecule has 1 aromatic heterocycles. The van der Waals surface area contributed by atoms with Crippen LogP contribution < -0.4 is 10.6 Å². The average molecular weight is 416 g/mol. The molecule has 160 valence electrons. The molecule has 4 rings (SSSR count). The fraction of sp³-hybridized carbons (Fsp3) is 0.320. The summed E-state index contributed by atoms with van der Waals surface area (Å²) < 4.78 is 0. The second-order valence-corrected chi connectivity index (χ2v) is 8.02. The zero-order valence-corrected chi connectivity index (χ0v) is 18.0. The predicted octanol–water partition coefficient (Wildman–Crippen LogP) is 4.41. The lowest BCUT2D eigenvalue weighted by atomic mass is 10.1. The normalized spacial score (nSPS) is 14.2. The van der Waals surface area contributed by atoms with E-state index in [9.17, 15) is 4.79 Å². The second kappa shape index (κ2) is 10.2. The smallest absolute Gasteiger partial charge is 0.251 e. The van der Waals surface area contributed by atoms with Crippen molar-refractivity contribution in [2.24, 2.45) is 0 Å². The molecule has 1 aliphatic rings. The number of carbonyl (C=O) groups excluding carboxylic acids is 1. The van der Waals surface area contributed by atoms with Gasteiger partial charge in [0.05, 0.1) is 5.69 Å². The van der Waals surface area contributed by atoms with Gasteiger partial charge in [0.2, 0.25) is 0 Å². The van der Waals surface area contributed by atoms with Crippen LogP contribution in [0.3, 0.4) is 0 Å². The van der Waals surface area contributed by atoms with Crippen LogP contribution in [-0.4, -0.2) is 47.0 Å². The molecule has 6 heteroatoms. The summed E-state index contributed by atoms with van der Waals surface area (Å²) in [6, 6.07) is 17.6. The summed E-state index contributed by atoms with van der Waals surface area (Å²) in [7, 11) is 0. The molecule has 2 aromatic carbocycles. The van der Waals surface area contributed by atoms with Crippen LogP contribution in [0.15, 0.2) is 60.9 Å².